The average Bonchev–Trinajstić information content (AvgIpc) is 2.85. The maximum absolute atomic E-state index is 12.0. The minimum atomic E-state index is -0.909. The summed E-state index contributed by atoms with van der Waals surface area (Å²) in [7, 11) is 5.50. The van der Waals surface area contributed by atoms with E-state index in [0.29, 0.717) is 6.04 Å². The second-order valence-electron chi connectivity index (χ2n) is 5.44. The number of primary amides is 1. The summed E-state index contributed by atoms with van der Waals surface area (Å²) < 4.78 is 0. The van der Waals surface area contributed by atoms with E-state index >= 15 is 0 Å². The number of hydrogen-bond acceptors (Lipinski definition) is 3. The molecule has 0 bridgehead atoms. The smallest absolute Gasteiger partial charge is 0.206 e. The van der Waals surface area contributed by atoms with Crippen LogP contribution in [0.1, 0.15) is 32.6 Å². The summed E-state index contributed by atoms with van der Waals surface area (Å²) in [5.74, 6) is -0.0937. The fourth-order valence-electron chi connectivity index (χ4n) is 2.58. The normalized spacial score (nSPS) is 23.2. The van der Waals surface area contributed by atoms with Gasteiger partial charge in [-0.15, -0.1) is 0 Å². The molecule has 1 aliphatic carbocycles. The summed E-state index contributed by atoms with van der Waals surface area (Å²) in [4.78, 5) is 26.1. The van der Waals surface area contributed by atoms with E-state index in [0.717, 1.165) is 23.7 Å². The van der Waals surface area contributed by atoms with Gasteiger partial charge in [0.05, 0.1) is 6.54 Å². The van der Waals surface area contributed by atoms with Crippen molar-refractivity contribution in [3.63, 3.8) is 0 Å². The van der Waals surface area contributed by atoms with E-state index in [4.69, 9.17) is 5.73 Å². The Bertz CT molecular complexity index is 338. The molecule has 113 valence electrons. The first-order valence-electron chi connectivity index (χ1n) is 6.82. The summed E-state index contributed by atoms with van der Waals surface area (Å²) in [6.07, 6.45) is 4.69. The molecule has 0 aromatic rings. The van der Waals surface area contributed by atoms with Gasteiger partial charge in [0.2, 0.25) is 11.8 Å². The van der Waals surface area contributed by atoms with E-state index in [-0.39, 0.29) is 45.2 Å². The first-order valence-corrected chi connectivity index (χ1v) is 6.82. The summed E-state index contributed by atoms with van der Waals surface area (Å²) in [6.45, 7) is 6.00. The summed E-state index contributed by atoms with van der Waals surface area (Å²) in [6, 6.07) is -0.466. The molecule has 0 aromatic heterocycles. The first-order chi connectivity index (χ1) is 8.86. The van der Waals surface area contributed by atoms with Gasteiger partial charge < -0.3 is 17.6 Å². The molecule has 1 rings (SSSR count). The van der Waals surface area contributed by atoms with Gasteiger partial charge in [-0.25, -0.2) is 0 Å². The SMILES string of the molecule is [CH2-][C@@H](C(N)=O)N([CH2-])C(=O)CN(C)C1CCC(CC)C1.[Y]. The van der Waals surface area contributed by atoms with Crippen molar-refractivity contribution in [2.24, 2.45) is 11.7 Å². The van der Waals surface area contributed by atoms with Crippen LogP contribution in [0.5, 0.6) is 0 Å². The second-order valence-corrected chi connectivity index (χ2v) is 5.44. The molecule has 6 heteroatoms. The number of hydrogen-bond donors (Lipinski definition) is 1. The van der Waals surface area contributed by atoms with E-state index in [1.165, 1.54) is 12.8 Å². The van der Waals surface area contributed by atoms with Crippen LogP contribution in [0.15, 0.2) is 0 Å². The van der Waals surface area contributed by atoms with Gasteiger partial charge in [0.15, 0.2) is 0 Å². The van der Waals surface area contributed by atoms with E-state index in [1.807, 2.05) is 11.9 Å². The Morgan fingerprint density at radius 1 is 1.40 bits per heavy atom. The average molecular weight is 356 g/mol. The van der Waals surface area contributed by atoms with Crippen LogP contribution < -0.4 is 5.73 Å². The fraction of sp³-hybridized carbons (Fsp3) is 0.714. The van der Waals surface area contributed by atoms with Gasteiger partial charge in [-0.1, -0.05) is 13.3 Å². The van der Waals surface area contributed by atoms with Crippen molar-refractivity contribution in [1.82, 2.24) is 9.80 Å². The molecule has 0 aromatic carbocycles. The second kappa shape index (κ2) is 9.11. The molecule has 0 saturated heterocycles. The summed E-state index contributed by atoms with van der Waals surface area (Å²) in [5.41, 5.74) is 5.11. The maximum atomic E-state index is 12.0. The minimum Gasteiger partial charge on any atom is -0.509 e. The first kappa shape index (κ1) is 20.0. The van der Waals surface area contributed by atoms with Gasteiger partial charge >= 0.3 is 0 Å². The van der Waals surface area contributed by atoms with Gasteiger partial charge in [-0.3, -0.25) is 21.5 Å². The maximum Gasteiger partial charge on any atom is 0.206 e. The number of nitrogens with zero attached hydrogens (tertiary/aromatic N) is 2. The zero-order chi connectivity index (χ0) is 14.6. The number of likely N-dealkylation sites (N-methyl/N-ethyl adjacent to an activating group) is 1. The van der Waals surface area contributed by atoms with Gasteiger partial charge in [-0.2, -0.15) is 0 Å². The molecular weight excluding hydrogens is 331 g/mol. The van der Waals surface area contributed by atoms with E-state index in [9.17, 15) is 9.59 Å². The Hall–Kier alpha value is 0.00390. The Morgan fingerprint density at radius 3 is 2.45 bits per heavy atom. The molecule has 1 radical (unpaired) electrons. The monoisotopic (exact) mass is 356 g/mol. The number of carbonyl (C=O) groups is 2. The molecule has 20 heavy (non-hydrogen) atoms. The quantitative estimate of drug-likeness (QED) is 0.716. The van der Waals surface area contributed by atoms with Crippen LogP contribution in [0.3, 0.4) is 0 Å². The molecule has 3 atom stereocenters. The molecule has 0 spiro atoms. The Morgan fingerprint density at radius 2 is 2.00 bits per heavy atom. The van der Waals surface area contributed by atoms with Gasteiger partial charge in [0.25, 0.3) is 0 Å². The zero-order valence-electron chi connectivity index (χ0n) is 12.5. The molecule has 2 N–H and O–H groups in total. The largest absolute Gasteiger partial charge is 0.509 e. The molecule has 2 unspecified atom stereocenters. The molecule has 0 heterocycles. The van der Waals surface area contributed by atoms with E-state index < -0.39 is 11.9 Å². The Labute approximate surface area is 147 Å². The number of carbonyl (C=O) groups excluding carboxylic acids is 2. The fourth-order valence-corrected chi connectivity index (χ4v) is 2.58. The van der Waals surface area contributed by atoms with Crippen molar-refractivity contribution < 1.29 is 42.3 Å². The molecule has 2 amide bonds. The van der Waals surface area contributed by atoms with Crippen LogP contribution in [0.25, 0.3) is 0 Å². The van der Waals surface area contributed by atoms with E-state index in [1.54, 1.807) is 0 Å². The molecule has 1 fully saturated rings. The molecule has 1 saturated carbocycles. The van der Waals surface area contributed by atoms with Crippen molar-refractivity contribution in [1.29, 1.82) is 0 Å². The Kier molecular flexibility index (Phi) is 9.11. The van der Waals surface area contributed by atoms with Crippen LogP contribution >= 0.6 is 0 Å². The van der Waals surface area contributed by atoms with Crippen molar-refractivity contribution in [2.45, 2.75) is 44.7 Å². The topological polar surface area (TPSA) is 66.6 Å². The van der Waals surface area contributed by atoms with Crippen LogP contribution in [-0.4, -0.2) is 47.3 Å². The summed E-state index contributed by atoms with van der Waals surface area (Å²) in [5, 5.41) is 0. The number of nitrogens with two attached hydrogens (primary N) is 1. The number of amides is 2. The third-order valence-corrected chi connectivity index (χ3v) is 4.12. The van der Waals surface area contributed by atoms with Gasteiger partial charge in [0, 0.05) is 38.8 Å². The van der Waals surface area contributed by atoms with Crippen molar-refractivity contribution in [2.75, 3.05) is 13.6 Å². The van der Waals surface area contributed by atoms with Crippen molar-refractivity contribution in [3.05, 3.63) is 14.0 Å². The molecular formula is C14H25N3O2Y-2. The Balaban J connectivity index is 0.00000361. The van der Waals surface area contributed by atoms with Crippen LogP contribution in [-0.2, 0) is 42.3 Å². The van der Waals surface area contributed by atoms with Crippen molar-refractivity contribution >= 4 is 11.8 Å². The minimum absolute atomic E-state index is 0. The third kappa shape index (κ3) is 5.42. The molecule has 0 aliphatic heterocycles. The van der Waals surface area contributed by atoms with Gasteiger partial charge in [0.1, 0.15) is 0 Å². The standard InChI is InChI=1S/C14H25N3O2.Y/c1-5-11-6-7-12(8-11)16(3)9-13(18)17(4)10(2)14(15)19;/h10-12H,2,4-9H2,1,3H3,(H2,15,19);/q-2;/t10-,11?,12?;/m0./s1. The zero-order valence-corrected chi connectivity index (χ0v) is 15.4. The van der Waals surface area contributed by atoms with E-state index in [2.05, 4.69) is 20.9 Å². The predicted molar refractivity (Wildman–Crippen MR) is 74.6 cm³/mol. The van der Waals surface area contributed by atoms with Crippen LogP contribution in [0, 0.1) is 19.9 Å². The van der Waals surface area contributed by atoms with Crippen LogP contribution in [0.2, 0.25) is 0 Å². The molecule has 5 nitrogen and oxygen atoms in total. The third-order valence-electron chi connectivity index (χ3n) is 4.12. The molecule has 1 aliphatic rings. The van der Waals surface area contributed by atoms with Gasteiger partial charge in [-0.05, 0) is 38.3 Å². The summed E-state index contributed by atoms with van der Waals surface area (Å²) >= 11 is 0. The number of rotatable bonds is 6. The van der Waals surface area contributed by atoms with Crippen LogP contribution in [0.4, 0.5) is 0 Å². The predicted octanol–water partition coefficient (Wildman–Crippen LogP) is 0.803. The van der Waals surface area contributed by atoms with Crippen molar-refractivity contribution in [3.8, 4) is 0 Å².